The predicted molar refractivity (Wildman–Crippen MR) is 80.2 cm³/mol. The molecule has 0 aromatic carbocycles. The summed E-state index contributed by atoms with van der Waals surface area (Å²) in [4.78, 5) is 0. The lowest BCUT2D eigenvalue weighted by atomic mass is 10.1. The predicted octanol–water partition coefficient (Wildman–Crippen LogP) is 4.99. The van der Waals surface area contributed by atoms with Crippen molar-refractivity contribution in [3.05, 3.63) is 0 Å². The fraction of sp³-hybridized carbons (Fsp3) is 1.00. The van der Waals surface area contributed by atoms with Gasteiger partial charge in [-0.15, -0.1) is 0 Å². The molecule has 0 aromatic heterocycles. The lowest BCUT2D eigenvalue weighted by molar-refractivity contribution is 0.304. The molecule has 0 bridgehead atoms. The molecule has 0 rings (SSSR count). The van der Waals surface area contributed by atoms with Crippen molar-refractivity contribution < 1.29 is 4.43 Å². The molecule has 0 aliphatic carbocycles. The van der Waals surface area contributed by atoms with Crippen LogP contribution in [0.2, 0.25) is 32.7 Å². The van der Waals surface area contributed by atoms with Crippen molar-refractivity contribution in [2.24, 2.45) is 0 Å². The second-order valence-electron chi connectivity index (χ2n) is 6.38. The maximum atomic E-state index is 6.20. The summed E-state index contributed by atoms with van der Waals surface area (Å²) < 4.78 is 6.20. The fourth-order valence-corrected chi connectivity index (χ4v) is 4.12. The van der Waals surface area contributed by atoms with Crippen molar-refractivity contribution in [1.29, 1.82) is 0 Å². The van der Waals surface area contributed by atoms with Crippen LogP contribution >= 0.6 is 0 Å². The van der Waals surface area contributed by atoms with Crippen LogP contribution in [0.5, 0.6) is 0 Å². The van der Waals surface area contributed by atoms with Crippen molar-refractivity contribution in [2.75, 3.05) is 6.61 Å². The largest absolute Gasteiger partial charge is 0.420 e. The zero-order valence-electron chi connectivity index (χ0n) is 12.4. The van der Waals surface area contributed by atoms with Gasteiger partial charge >= 0.3 is 0 Å². The third-order valence-corrected chi connectivity index (χ3v) is 19.6. The quantitative estimate of drug-likeness (QED) is 0.419. The Hall–Kier alpha value is 0.394. The minimum atomic E-state index is -1.34. The van der Waals surface area contributed by atoms with Gasteiger partial charge in [0.05, 0.1) is 7.59 Å². The van der Waals surface area contributed by atoms with Crippen LogP contribution in [0.3, 0.4) is 0 Å². The summed E-state index contributed by atoms with van der Waals surface area (Å²) in [7, 11) is -2.39. The molecular formula is C13H32OSi2. The highest BCUT2D eigenvalue weighted by molar-refractivity contribution is 7.37. The molecule has 0 unspecified atom stereocenters. The SMILES string of the molecule is CCCCCCCCO[Si](C)(C)[Si](C)(C)C. The van der Waals surface area contributed by atoms with E-state index in [-0.39, 0.29) is 0 Å². The molecule has 98 valence electrons. The molecule has 0 saturated heterocycles. The van der Waals surface area contributed by atoms with E-state index in [0.717, 1.165) is 6.61 Å². The van der Waals surface area contributed by atoms with Crippen LogP contribution < -0.4 is 0 Å². The molecule has 0 N–H and O–H groups in total. The molecule has 3 heteroatoms. The molecular weight excluding hydrogens is 228 g/mol. The summed E-state index contributed by atoms with van der Waals surface area (Å²) in [5.41, 5.74) is 0. The van der Waals surface area contributed by atoms with Gasteiger partial charge in [-0.25, -0.2) is 0 Å². The van der Waals surface area contributed by atoms with Crippen LogP contribution in [0.1, 0.15) is 45.4 Å². The number of unbranched alkanes of at least 4 members (excludes halogenated alkanes) is 5. The van der Waals surface area contributed by atoms with Gasteiger partial charge in [-0.3, -0.25) is 0 Å². The third kappa shape index (κ3) is 6.87. The lowest BCUT2D eigenvalue weighted by Gasteiger charge is -2.34. The Bertz CT molecular complexity index is 173. The highest BCUT2D eigenvalue weighted by Crippen LogP contribution is 2.20. The van der Waals surface area contributed by atoms with Gasteiger partial charge in [-0.05, 0) is 19.5 Å². The molecule has 0 aliphatic heterocycles. The maximum absolute atomic E-state index is 6.20. The van der Waals surface area contributed by atoms with Crippen LogP contribution in [0.15, 0.2) is 0 Å². The van der Waals surface area contributed by atoms with Gasteiger partial charge in [-0.2, -0.15) is 0 Å². The molecule has 16 heavy (non-hydrogen) atoms. The summed E-state index contributed by atoms with van der Waals surface area (Å²) in [6.45, 7) is 15.4. The molecule has 1 nitrogen and oxygen atoms in total. The third-order valence-electron chi connectivity index (χ3n) is 3.77. The Balaban J connectivity index is 3.51. The molecule has 0 heterocycles. The first-order valence-electron chi connectivity index (χ1n) is 6.95. The van der Waals surface area contributed by atoms with E-state index in [9.17, 15) is 0 Å². The van der Waals surface area contributed by atoms with E-state index in [1.807, 2.05) is 0 Å². The Kier molecular flexibility index (Phi) is 7.86. The van der Waals surface area contributed by atoms with Crippen molar-refractivity contribution in [2.45, 2.75) is 78.2 Å². The van der Waals surface area contributed by atoms with Crippen molar-refractivity contribution in [1.82, 2.24) is 0 Å². The smallest absolute Gasteiger partial charge is 0.173 e. The van der Waals surface area contributed by atoms with Gasteiger partial charge in [-0.1, -0.05) is 58.7 Å². The molecule has 0 amide bonds. The van der Waals surface area contributed by atoms with Crippen molar-refractivity contribution >= 4 is 15.4 Å². The molecule has 0 aromatic rings. The molecule has 0 aliphatic rings. The normalized spacial score (nSPS) is 13.1. The Morgan fingerprint density at radius 1 is 0.750 bits per heavy atom. The minimum Gasteiger partial charge on any atom is -0.420 e. The lowest BCUT2D eigenvalue weighted by Crippen LogP contribution is -2.54. The summed E-state index contributed by atoms with van der Waals surface area (Å²) in [6.07, 6.45) is 8.17. The molecule has 0 spiro atoms. The Morgan fingerprint density at radius 2 is 1.25 bits per heavy atom. The molecule has 0 atom stereocenters. The second-order valence-corrected chi connectivity index (χ2v) is 22.3. The first kappa shape index (κ1) is 16.4. The molecule has 0 radical (unpaired) electrons. The molecule has 0 saturated carbocycles. The average Bonchev–Trinajstić information content (AvgIpc) is 2.14. The number of rotatable bonds is 9. The van der Waals surface area contributed by atoms with Gasteiger partial charge in [0.1, 0.15) is 0 Å². The number of hydrogen-bond acceptors (Lipinski definition) is 1. The van der Waals surface area contributed by atoms with Gasteiger partial charge in [0.2, 0.25) is 0 Å². The van der Waals surface area contributed by atoms with E-state index in [1.54, 1.807) is 0 Å². The highest BCUT2D eigenvalue weighted by atomic mass is 29.3. The van der Waals surface area contributed by atoms with Gasteiger partial charge in [0.15, 0.2) is 7.83 Å². The first-order chi connectivity index (χ1) is 7.31. The molecule has 0 fully saturated rings. The van der Waals surface area contributed by atoms with Crippen LogP contribution in [0, 0.1) is 0 Å². The van der Waals surface area contributed by atoms with E-state index in [4.69, 9.17) is 4.43 Å². The van der Waals surface area contributed by atoms with Crippen LogP contribution in [-0.4, -0.2) is 22.0 Å². The van der Waals surface area contributed by atoms with Gasteiger partial charge < -0.3 is 4.43 Å². The second kappa shape index (κ2) is 7.67. The topological polar surface area (TPSA) is 9.23 Å². The monoisotopic (exact) mass is 260 g/mol. The minimum absolute atomic E-state index is 1.01. The fourth-order valence-electron chi connectivity index (χ4n) is 1.43. The maximum Gasteiger partial charge on any atom is 0.173 e. The number of hydrogen-bond donors (Lipinski definition) is 0. The van der Waals surface area contributed by atoms with Crippen LogP contribution in [0.25, 0.3) is 0 Å². The Morgan fingerprint density at radius 3 is 1.75 bits per heavy atom. The van der Waals surface area contributed by atoms with Gasteiger partial charge in [0, 0.05) is 6.61 Å². The zero-order valence-corrected chi connectivity index (χ0v) is 14.4. The van der Waals surface area contributed by atoms with Crippen LogP contribution in [0.4, 0.5) is 0 Å². The van der Waals surface area contributed by atoms with Crippen LogP contribution in [-0.2, 0) is 4.43 Å². The van der Waals surface area contributed by atoms with E-state index in [2.05, 4.69) is 39.7 Å². The van der Waals surface area contributed by atoms with Gasteiger partial charge in [0.25, 0.3) is 0 Å². The highest BCUT2D eigenvalue weighted by Gasteiger charge is 2.38. The summed E-state index contributed by atoms with van der Waals surface area (Å²) in [5.74, 6) is 0. The average molecular weight is 261 g/mol. The standard InChI is InChI=1S/C13H32OSi2/c1-7-8-9-10-11-12-13-14-16(5,6)15(2,3)4/h7-13H2,1-6H3. The Labute approximate surface area is 105 Å². The summed E-state index contributed by atoms with van der Waals surface area (Å²) in [6, 6.07) is 0. The zero-order chi connectivity index (χ0) is 12.7. The van der Waals surface area contributed by atoms with E-state index in [0.29, 0.717) is 0 Å². The summed E-state index contributed by atoms with van der Waals surface area (Å²) >= 11 is 0. The summed E-state index contributed by atoms with van der Waals surface area (Å²) in [5, 5.41) is 0. The van der Waals surface area contributed by atoms with E-state index < -0.39 is 15.4 Å². The first-order valence-corrected chi connectivity index (χ1v) is 14.4. The van der Waals surface area contributed by atoms with E-state index >= 15 is 0 Å². The van der Waals surface area contributed by atoms with E-state index in [1.165, 1.54) is 38.5 Å². The van der Waals surface area contributed by atoms with Crippen molar-refractivity contribution in [3.8, 4) is 0 Å². The van der Waals surface area contributed by atoms with Crippen molar-refractivity contribution in [3.63, 3.8) is 0 Å².